The van der Waals surface area contributed by atoms with E-state index in [1.165, 1.54) is 0 Å². The van der Waals surface area contributed by atoms with Crippen LogP contribution in [-0.4, -0.2) is 13.1 Å². The molecule has 1 N–H and O–H groups in total. The fraction of sp³-hybridized carbons (Fsp3) is 0.600. The van der Waals surface area contributed by atoms with Gasteiger partial charge in [-0.25, -0.2) is 8.78 Å². The number of hydrogen-bond donors (Lipinski definition) is 1. The van der Waals surface area contributed by atoms with Crippen LogP contribution in [0.1, 0.15) is 37.3 Å². The minimum atomic E-state index is -2.69. The van der Waals surface area contributed by atoms with Gasteiger partial charge in [-0.15, -0.1) is 0 Å². The van der Waals surface area contributed by atoms with Gasteiger partial charge in [-0.2, -0.15) is 0 Å². The highest BCUT2D eigenvalue weighted by atomic mass is 19.3. The summed E-state index contributed by atoms with van der Waals surface area (Å²) in [4.78, 5) is 0. The molecular weight excluding hydrogens is 232 g/mol. The molecule has 0 aromatic heterocycles. The molecule has 100 valence electrons. The zero-order valence-electron chi connectivity index (χ0n) is 10.9. The standard InChI is InChI=1S/C15H21F2N/c1-2-3-12-4-6-13(7-5-12)15(16,17)14-8-10-18-11-9-14/h4-7,14,18H,2-3,8-11H2,1H3. The highest BCUT2D eigenvalue weighted by molar-refractivity contribution is 5.26. The molecule has 1 aliphatic heterocycles. The molecule has 0 atom stereocenters. The fourth-order valence-corrected chi connectivity index (χ4v) is 2.60. The molecule has 0 saturated carbocycles. The smallest absolute Gasteiger partial charge is 0.276 e. The SMILES string of the molecule is CCCc1ccc(C(F)(F)C2CCNCC2)cc1. The van der Waals surface area contributed by atoms with Crippen molar-refractivity contribution in [2.75, 3.05) is 13.1 Å². The van der Waals surface area contributed by atoms with Gasteiger partial charge in [0.15, 0.2) is 0 Å². The second-order valence-electron chi connectivity index (χ2n) is 5.09. The zero-order valence-corrected chi connectivity index (χ0v) is 10.9. The minimum absolute atomic E-state index is 0.175. The van der Waals surface area contributed by atoms with Gasteiger partial charge in [0.2, 0.25) is 0 Å². The van der Waals surface area contributed by atoms with E-state index in [9.17, 15) is 8.78 Å². The van der Waals surface area contributed by atoms with E-state index in [2.05, 4.69) is 12.2 Å². The summed E-state index contributed by atoms with van der Waals surface area (Å²) in [5, 5.41) is 3.13. The summed E-state index contributed by atoms with van der Waals surface area (Å²) in [5.74, 6) is -3.21. The van der Waals surface area contributed by atoms with Crippen LogP contribution in [0.4, 0.5) is 8.78 Å². The van der Waals surface area contributed by atoms with Crippen LogP contribution in [0, 0.1) is 5.92 Å². The first kappa shape index (κ1) is 13.5. The molecule has 2 rings (SSSR count). The van der Waals surface area contributed by atoms with Crippen molar-refractivity contribution in [1.82, 2.24) is 5.32 Å². The lowest BCUT2D eigenvalue weighted by Gasteiger charge is -2.30. The van der Waals surface area contributed by atoms with Crippen molar-refractivity contribution in [3.63, 3.8) is 0 Å². The van der Waals surface area contributed by atoms with E-state index in [0.29, 0.717) is 25.9 Å². The maximum Gasteiger partial charge on any atom is 0.276 e. The van der Waals surface area contributed by atoms with Crippen molar-refractivity contribution < 1.29 is 8.78 Å². The van der Waals surface area contributed by atoms with Crippen LogP contribution >= 0.6 is 0 Å². The van der Waals surface area contributed by atoms with Gasteiger partial charge in [0.05, 0.1) is 0 Å². The Balaban J connectivity index is 2.12. The third kappa shape index (κ3) is 2.89. The van der Waals surface area contributed by atoms with E-state index in [1.807, 2.05) is 12.1 Å². The van der Waals surface area contributed by atoms with Gasteiger partial charge in [0, 0.05) is 11.5 Å². The van der Waals surface area contributed by atoms with E-state index in [4.69, 9.17) is 0 Å². The lowest BCUT2D eigenvalue weighted by Crippen LogP contribution is -2.36. The average molecular weight is 253 g/mol. The number of alkyl halides is 2. The quantitative estimate of drug-likeness (QED) is 0.862. The third-order valence-corrected chi connectivity index (χ3v) is 3.73. The Labute approximate surface area is 108 Å². The first-order valence-electron chi connectivity index (χ1n) is 6.82. The molecule has 1 aliphatic rings. The molecule has 1 aromatic carbocycles. The molecule has 1 heterocycles. The maximum absolute atomic E-state index is 14.3. The van der Waals surface area contributed by atoms with Crippen LogP contribution in [0.15, 0.2) is 24.3 Å². The molecule has 0 bridgehead atoms. The van der Waals surface area contributed by atoms with E-state index >= 15 is 0 Å². The maximum atomic E-state index is 14.3. The number of hydrogen-bond acceptors (Lipinski definition) is 1. The number of piperidine rings is 1. The molecule has 0 radical (unpaired) electrons. The lowest BCUT2D eigenvalue weighted by molar-refractivity contribution is -0.0753. The Morgan fingerprint density at radius 2 is 1.78 bits per heavy atom. The summed E-state index contributed by atoms with van der Waals surface area (Å²) in [6.45, 7) is 3.50. The molecular formula is C15H21F2N. The summed E-state index contributed by atoms with van der Waals surface area (Å²) < 4.78 is 28.7. The summed E-state index contributed by atoms with van der Waals surface area (Å²) in [6, 6.07) is 6.89. The molecule has 0 amide bonds. The number of aryl methyl sites for hydroxylation is 1. The Bertz CT molecular complexity index is 367. The number of rotatable bonds is 4. The highest BCUT2D eigenvalue weighted by Crippen LogP contribution is 2.40. The first-order chi connectivity index (χ1) is 8.64. The molecule has 0 spiro atoms. The Kier molecular flexibility index (Phi) is 4.33. The molecule has 0 unspecified atom stereocenters. The Morgan fingerprint density at radius 1 is 1.17 bits per heavy atom. The van der Waals surface area contributed by atoms with Gasteiger partial charge < -0.3 is 5.32 Å². The number of halogens is 2. The van der Waals surface area contributed by atoms with Gasteiger partial charge in [-0.1, -0.05) is 37.6 Å². The summed E-state index contributed by atoms with van der Waals surface area (Å²) in [6.07, 6.45) is 3.12. The normalized spacial score (nSPS) is 17.9. The molecule has 18 heavy (non-hydrogen) atoms. The van der Waals surface area contributed by atoms with Crippen molar-refractivity contribution in [1.29, 1.82) is 0 Å². The highest BCUT2D eigenvalue weighted by Gasteiger charge is 2.41. The molecule has 1 aromatic rings. The van der Waals surface area contributed by atoms with Crippen molar-refractivity contribution in [3.05, 3.63) is 35.4 Å². The van der Waals surface area contributed by atoms with Crippen LogP contribution in [0.5, 0.6) is 0 Å². The lowest BCUT2D eigenvalue weighted by atomic mass is 9.87. The van der Waals surface area contributed by atoms with Crippen molar-refractivity contribution in [2.45, 2.75) is 38.5 Å². The third-order valence-electron chi connectivity index (χ3n) is 3.73. The zero-order chi connectivity index (χ0) is 13.0. The number of benzene rings is 1. The van der Waals surface area contributed by atoms with Gasteiger partial charge in [-0.3, -0.25) is 0 Å². The second kappa shape index (κ2) is 5.79. The molecule has 0 aliphatic carbocycles. The molecule has 3 heteroatoms. The van der Waals surface area contributed by atoms with E-state index < -0.39 is 11.8 Å². The largest absolute Gasteiger partial charge is 0.317 e. The minimum Gasteiger partial charge on any atom is -0.317 e. The summed E-state index contributed by atoms with van der Waals surface area (Å²) in [7, 11) is 0. The average Bonchev–Trinajstić information content (AvgIpc) is 2.41. The molecule has 1 saturated heterocycles. The Morgan fingerprint density at radius 3 is 2.33 bits per heavy atom. The van der Waals surface area contributed by atoms with Crippen LogP contribution < -0.4 is 5.32 Å². The van der Waals surface area contributed by atoms with Gasteiger partial charge in [-0.05, 0) is 37.9 Å². The molecule has 1 nitrogen and oxygen atoms in total. The first-order valence-corrected chi connectivity index (χ1v) is 6.82. The summed E-state index contributed by atoms with van der Waals surface area (Å²) in [5.41, 5.74) is 1.32. The predicted molar refractivity (Wildman–Crippen MR) is 69.9 cm³/mol. The van der Waals surface area contributed by atoms with Crippen molar-refractivity contribution >= 4 is 0 Å². The van der Waals surface area contributed by atoms with Gasteiger partial charge in [0.1, 0.15) is 0 Å². The van der Waals surface area contributed by atoms with Crippen LogP contribution in [0.3, 0.4) is 0 Å². The number of nitrogens with one attached hydrogen (secondary N) is 1. The van der Waals surface area contributed by atoms with E-state index in [1.54, 1.807) is 12.1 Å². The molecule has 1 fully saturated rings. The monoisotopic (exact) mass is 253 g/mol. The van der Waals surface area contributed by atoms with E-state index in [0.717, 1.165) is 18.4 Å². The van der Waals surface area contributed by atoms with Crippen LogP contribution in [0.25, 0.3) is 0 Å². The van der Waals surface area contributed by atoms with Crippen molar-refractivity contribution in [2.24, 2.45) is 5.92 Å². The van der Waals surface area contributed by atoms with Crippen molar-refractivity contribution in [3.8, 4) is 0 Å². The van der Waals surface area contributed by atoms with Crippen LogP contribution in [-0.2, 0) is 12.3 Å². The second-order valence-corrected chi connectivity index (χ2v) is 5.09. The Hall–Kier alpha value is -0.960. The van der Waals surface area contributed by atoms with E-state index in [-0.39, 0.29) is 5.56 Å². The summed E-state index contributed by atoms with van der Waals surface area (Å²) >= 11 is 0. The van der Waals surface area contributed by atoms with Crippen LogP contribution in [0.2, 0.25) is 0 Å². The topological polar surface area (TPSA) is 12.0 Å². The van der Waals surface area contributed by atoms with Gasteiger partial charge >= 0.3 is 0 Å². The predicted octanol–water partition coefficient (Wildman–Crippen LogP) is 3.73. The van der Waals surface area contributed by atoms with Gasteiger partial charge in [0.25, 0.3) is 5.92 Å². The fourth-order valence-electron chi connectivity index (χ4n) is 2.60.